The predicted octanol–water partition coefficient (Wildman–Crippen LogP) is 9.72. The Morgan fingerprint density at radius 1 is 0.977 bits per heavy atom. The molecular formula is C36H56N4O3. The van der Waals surface area contributed by atoms with Gasteiger partial charge in [-0.15, -0.1) is 0 Å². The largest absolute Gasteiger partial charge is 0.444 e. The summed E-state index contributed by atoms with van der Waals surface area (Å²) in [7, 11) is 2.00. The highest BCUT2D eigenvalue weighted by molar-refractivity contribution is 5.71. The highest BCUT2D eigenvalue weighted by atomic mass is 16.6. The number of nitrogens with zero attached hydrogens (tertiary/aromatic N) is 4. The molecule has 0 unspecified atom stereocenters. The fourth-order valence-corrected chi connectivity index (χ4v) is 4.80. The van der Waals surface area contributed by atoms with Crippen molar-refractivity contribution in [2.24, 2.45) is 16.1 Å². The predicted molar refractivity (Wildman–Crippen MR) is 183 cm³/mol. The van der Waals surface area contributed by atoms with Gasteiger partial charge < -0.3 is 14.5 Å². The normalized spacial score (nSPS) is 15.9. The van der Waals surface area contributed by atoms with E-state index >= 15 is 0 Å². The van der Waals surface area contributed by atoms with Crippen molar-refractivity contribution in [3.05, 3.63) is 70.5 Å². The third-order valence-electron chi connectivity index (χ3n) is 7.16. The first-order chi connectivity index (χ1) is 20.4. The zero-order chi connectivity index (χ0) is 32.6. The van der Waals surface area contributed by atoms with E-state index in [1.165, 1.54) is 32.1 Å². The zero-order valence-electron chi connectivity index (χ0n) is 28.5. The van der Waals surface area contributed by atoms with Crippen molar-refractivity contribution < 1.29 is 14.4 Å². The van der Waals surface area contributed by atoms with Gasteiger partial charge in [-0.25, -0.2) is 4.79 Å². The van der Waals surface area contributed by atoms with Crippen LogP contribution in [0.2, 0.25) is 0 Å². The van der Waals surface area contributed by atoms with Gasteiger partial charge in [-0.1, -0.05) is 93.9 Å². The van der Waals surface area contributed by atoms with Gasteiger partial charge in [-0.3, -0.25) is 9.89 Å². The summed E-state index contributed by atoms with van der Waals surface area (Å²) in [5, 5.41) is 3.32. The summed E-state index contributed by atoms with van der Waals surface area (Å²) in [4.78, 5) is 25.4. The third kappa shape index (κ3) is 13.1. The first kappa shape index (κ1) is 37.4. The van der Waals surface area contributed by atoms with Gasteiger partial charge in [-0.05, 0) is 77.4 Å². The molecule has 2 aliphatic rings. The Morgan fingerprint density at radius 2 is 1.60 bits per heavy atom. The highest BCUT2D eigenvalue weighted by Gasteiger charge is 2.29. The number of likely N-dealkylation sites (N-methyl/N-ethyl adjacent to an activating group) is 1. The molecule has 4 rings (SSSR count). The minimum absolute atomic E-state index is 0.320. The molecule has 0 spiro atoms. The monoisotopic (exact) mass is 592 g/mol. The lowest BCUT2D eigenvalue weighted by Gasteiger charge is -2.28. The summed E-state index contributed by atoms with van der Waals surface area (Å²) in [5.41, 5.74) is 5.62. The van der Waals surface area contributed by atoms with Gasteiger partial charge in [0.05, 0.1) is 24.5 Å². The quantitative estimate of drug-likeness (QED) is 0.263. The minimum atomic E-state index is -0.527. The number of carbonyl (C=O) groups excluding carboxylic acids is 1. The Labute approximate surface area is 261 Å². The van der Waals surface area contributed by atoms with Crippen molar-refractivity contribution in [1.82, 2.24) is 4.90 Å². The first-order valence-electron chi connectivity index (χ1n) is 15.5. The van der Waals surface area contributed by atoms with Gasteiger partial charge in [0.25, 0.3) is 0 Å². The van der Waals surface area contributed by atoms with Gasteiger partial charge in [0.1, 0.15) is 5.60 Å². The number of carbonyl (C=O) groups is 1. The summed E-state index contributed by atoms with van der Waals surface area (Å²) in [6.07, 6.45) is 7.12. The third-order valence-corrected chi connectivity index (χ3v) is 7.16. The van der Waals surface area contributed by atoms with Gasteiger partial charge >= 0.3 is 6.09 Å². The fourth-order valence-electron chi connectivity index (χ4n) is 4.80. The smallest absolute Gasteiger partial charge is 0.410 e. The number of rotatable bonds is 3. The van der Waals surface area contributed by atoms with Crippen LogP contribution in [-0.4, -0.2) is 43.6 Å². The molecule has 238 valence electrons. The lowest BCUT2D eigenvalue weighted by Crippen LogP contribution is -2.38. The number of fused-ring (bicyclic) bond motifs is 1. The molecular weight excluding hydrogens is 536 g/mol. The average Bonchev–Trinajstić information content (AvgIpc) is 3.11. The second kappa shape index (κ2) is 18.8. The SMILES string of the molecule is C=N/C(C)=C1/CN(C(=O)OC(C)(C)C)Cc2cc(C)ccc2N1C.C=NOc1ccccc1C.CC.CC1CCCCC1. The summed E-state index contributed by atoms with van der Waals surface area (Å²) in [6, 6.07) is 13.9. The Kier molecular flexibility index (Phi) is 16.4. The van der Waals surface area contributed by atoms with Gasteiger partial charge in [0.2, 0.25) is 0 Å². The van der Waals surface area contributed by atoms with Gasteiger partial charge in [-0.2, -0.15) is 0 Å². The number of para-hydroxylation sites is 1. The van der Waals surface area contributed by atoms with E-state index in [0.717, 1.165) is 45.4 Å². The van der Waals surface area contributed by atoms with E-state index in [4.69, 9.17) is 9.57 Å². The highest BCUT2D eigenvalue weighted by Crippen LogP contribution is 2.31. The number of ether oxygens (including phenoxy) is 1. The van der Waals surface area contributed by atoms with E-state index in [-0.39, 0.29) is 6.09 Å². The van der Waals surface area contributed by atoms with Crippen LogP contribution in [0.15, 0.2) is 64.0 Å². The molecule has 1 aliphatic heterocycles. The molecule has 2 aromatic rings. The lowest BCUT2D eigenvalue weighted by atomic mass is 9.91. The summed E-state index contributed by atoms with van der Waals surface area (Å²) in [5.74, 6) is 1.80. The Hall–Kier alpha value is -3.61. The maximum Gasteiger partial charge on any atom is 0.410 e. The van der Waals surface area contributed by atoms with Crippen LogP contribution in [0, 0.1) is 19.8 Å². The molecule has 1 saturated carbocycles. The van der Waals surface area contributed by atoms with E-state index in [9.17, 15) is 4.79 Å². The lowest BCUT2D eigenvalue weighted by molar-refractivity contribution is 0.0253. The molecule has 0 atom stereocenters. The van der Waals surface area contributed by atoms with E-state index in [1.807, 2.05) is 79.8 Å². The van der Waals surface area contributed by atoms with Gasteiger partial charge in [0, 0.05) is 19.5 Å². The van der Waals surface area contributed by atoms with Crippen LogP contribution in [0.1, 0.15) is 97.3 Å². The van der Waals surface area contributed by atoms with Crippen molar-refractivity contribution in [2.75, 3.05) is 18.5 Å². The molecule has 0 N–H and O–H groups in total. The van der Waals surface area contributed by atoms with Crippen LogP contribution in [-0.2, 0) is 11.3 Å². The van der Waals surface area contributed by atoms with E-state index in [0.29, 0.717) is 13.1 Å². The molecule has 1 aliphatic carbocycles. The van der Waals surface area contributed by atoms with Crippen LogP contribution in [0.4, 0.5) is 10.5 Å². The van der Waals surface area contributed by atoms with E-state index in [2.05, 4.69) is 60.5 Å². The summed E-state index contributed by atoms with van der Waals surface area (Å²) in [6.45, 7) is 25.7. The van der Waals surface area contributed by atoms with Crippen molar-refractivity contribution in [3.8, 4) is 5.75 Å². The summed E-state index contributed by atoms with van der Waals surface area (Å²) >= 11 is 0. The zero-order valence-corrected chi connectivity index (χ0v) is 28.5. The van der Waals surface area contributed by atoms with E-state index in [1.54, 1.807) is 4.90 Å². The van der Waals surface area contributed by atoms with Crippen molar-refractivity contribution in [1.29, 1.82) is 0 Å². The molecule has 0 bridgehead atoms. The molecule has 1 amide bonds. The minimum Gasteiger partial charge on any atom is -0.444 e. The Bertz CT molecular complexity index is 1190. The molecule has 0 saturated heterocycles. The van der Waals surface area contributed by atoms with Crippen molar-refractivity contribution in [2.45, 2.75) is 107 Å². The first-order valence-corrected chi connectivity index (χ1v) is 15.5. The molecule has 2 aromatic carbocycles. The fraction of sp³-hybridized carbons (Fsp3) is 0.528. The van der Waals surface area contributed by atoms with Crippen molar-refractivity contribution in [3.63, 3.8) is 0 Å². The summed E-state index contributed by atoms with van der Waals surface area (Å²) < 4.78 is 5.57. The van der Waals surface area contributed by atoms with Crippen LogP contribution in [0.25, 0.3) is 0 Å². The number of oxime groups is 1. The molecule has 0 aromatic heterocycles. The topological polar surface area (TPSA) is 66.7 Å². The van der Waals surface area contributed by atoms with E-state index < -0.39 is 5.60 Å². The number of amides is 1. The number of allylic oxidation sites excluding steroid dienone is 1. The number of anilines is 1. The van der Waals surface area contributed by atoms with Crippen LogP contribution in [0.3, 0.4) is 0 Å². The molecule has 0 radical (unpaired) electrons. The Balaban J connectivity index is 0.000000395. The average molecular weight is 593 g/mol. The molecule has 1 heterocycles. The molecule has 7 heteroatoms. The number of aryl methyl sites for hydroxylation is 2. The molecule has 43 heavy (non-hydrogen) atoms. The Morgan fingerprint density at radius 3 is 2.12 bits per heavy atom. The van der Waals surface area contributed by atoms with Crippen LogP contribution < -0.4 is 9.74 Å². The number of benzene rings is 2. The second-order valence-corrected chi connectivity index (χ2v) is 11.9. The van der Waals surface area contributed by atoms with Crippen LogP contribution in [0.5, 0.6) is 5.75 Å². The number of hydrogen-bond donors (Lipinski definition) is 0. The maximum absolute atomic E-state index is 12.6. The standard InChI is InChI=1S/C19H27N3O2.C8H9NO.C7H14.C2H6/c1-13-8-9-16-15(10-13)11-22(18(23)24-19(3,4)5)12-17(21(16)7)14(2)20-6;1-7-5-3-4-6-8(7)10-9-2;1-7-5-3-2-4-6-7;1-2/h8-10H,6,11-12H2,1-5,7H3;3-6H,2H2,1H3;7H,2-6H2,1H3;1-2H3/b17-14-;;;. The maximum atomic E-state index is 12.6. The van der Waals surface area contributed by atoms with Crippen LogP contribution >= 0.6 is 0 Å². The molecule has 1 fully saturated rings. The molecule has 7 nitrogen and oxygen atoms in total. The van der Waals surface area contributed by atoms with Crippen molar-refractivity contribution >= 4 is 25.2 Å². The number of hydrogen-bond acceptors (Lipinski definition) is 6. The van der Waals surface area contributed by atoms with Gasteiger partial charge in [0.15, 0.2) is 5.75 Å². The second-order valence-electron chi connectivity index (χ2n) is 11.9. The number of aliphatic imine (C=N–C) groups is 1.